The van der Waals surface area contributed by atoms with Crippen molar-refractivity contribution in [1.29, 1.82) is 0 Å². The van der Waals surface area contributed by atoms with Crippen molar-refractivity contribution >= 4 is 5.69 Å². The van der Waals surface area contributed by atoms with E-state index in [1.165, 1.54) is 11.3 Å². The van der Waals surface area contributed by atoms with Crippen molar-refractivity contribution in [3.63, 3.8) is 0 Å². The zero-order chi connectivity index (χ0) is 8.84. The first kappa shape index (κ1) is 7.06. The van der Waals surface area contributed by atoms with Crippen LogP contribution < -0.4 is 14.8 Å². The first-order chi connectivity index (χ1) is 6.33. The fourth-order valence-corrected chi connectivity index (χ4v) is 1.93. The predicted octanol–water partition coefficient (Wildman–Crippen LogP) is 1.77. The Kier molecular flexibility index (Phi) is 1.26. The molecule has 3 heteroatoms. The highest BCUT2D eigenvalue weighted by molar-refractivity contribution is 5.64. The number of fused-ring (bicyclic) bond motifs is 2. The quantitative estimate of drug-likeness (QED) is 0.655. The van der Waals surface area contributed by atoms with Gasteiger partial charge in [-0.25, -0.2) is 0 Å². The molecule has 0 aromatic heterocycles. The molecular weight excluding hydrogens is 166 g/mol. The fourth-order valence-electron chi connectivity index (χ4n) is 1.93. The van der Waals surface area contributed by atoms with Crippen LogP contribution in [-0.4, -0.2) is 12.8 Å². The van der Waals surface area contributed by atoms with Gasteiger partial charge in [0.25, 0.3) is 0 Å². The van der Waals surface area contributed by atoms with E-state index in [0.29, 0.717) is 12.8 Å². The van der Waals surface area contributed by atoms with Gasteiger partial charge in [0.15, 0.2) is 11.5 Å². The third-order valence-electron chi connectivity index (χ3n) is 2.53. The Hall–Kier alpha value is -1.38. The Morgan fingerprint density at radius 1 is 1.31 bits per heavy atom. The number of benzene rings is 1. The molecule has 1 aromatic carbocycles. The fraction of sp³-hybridized carbons (Fsp3) is 0.400. The van der Waals surface area contributed by atoms with Crippen LogP contribution in [0.1, 0.15) is 12.5 Å². The van der Waals surface area contributed by atoms with E-state index in [0.717, 1.165) is 17.9 Å². The van der Waals surface area contributed by atoms with Crippen LogP contribution in [0.5, 0.6) is 11.5 Å². The van der Waals surface area contributed by atoms with Crippen LogP contribution in [0.15, 0.2) is 12.1 Å². The zero-order valence-electron chi connectivity index (χ0n) is 7.46. The average molecular weight is 177 g/mol. The highest BCUT2D eigenvalue weighted by Gasteiger charge is 2.22. The van der Waals surface area contributed by atoms with E-state index in [-0.39, 0.29) is 0 Å². The molecule has 0 saturated carbocycles. The van der Waals surface area contributed by atoms with Crippen molar-refractivity contribution in [3.8, 4) is 11.5 Å². The molecule has 3 rings (SSSR count). The van der Waals surface area contributed by atoms with E-state index < -0.39 is 0 Å². The second-order valence-electron chi connectivity index (χ2n) is 3.61. The molecule has 1 aromatic rings. The lowest BCUT2D eigenvalue weighted by Gasteiger charge is -2.02. The van der Waals surface area contributed by atoms with Gasteiger partial charge >= 0.3 is 0 Å². The van der Waals surface area contributed by atoms with E-state index in [1.807, 2.05) is 6.07 Å². The lowest BCUT2D eigenvalue weighted by Crippen LogP contribution is -2.08. The molecule has 1 atom stereocenters. The van der Waals surface area contributed by atoms with Crippen LogP contribution >= 0.6 is 0 Å². The van der Waals surface area contributed by atoms with Gasteiger partial charge in [-0.1, -0.05) is 0 Å². The molecule has 0 spiro atoms. The molecule has 0 bridgehead atoms. The van der Waals surface area contributed by atoms with E-state index in [1.54, 1.807) is 0 Å². The number of rotatable bonds is 0. The Labute approximate surface area is 76.7 Å². The van der Waals surface area contributed by atoms with Crippen molar-refractivity contribution in [2.24, 2.45) is 0 Å². The maximum atomic E-state index is 5.31. The third kappa shape index (κ3) is 0.963. The number of nitrogens with one attached hydrogen (secondary N) is 1. The standard InChI is InChI=1S/C10H11NO2/c1-6-2-7-3-9-10(13-5-12-9)4-8(7)11-6/h3-4,6,11H,2,5H2,1H3. The van der Waals surface area contributed by atoms with Crippen LogP contribution in [0.4, 0.5) is 5.69 Å². The molecule has 2 aliphatic heterocycles. The number of hydrogen-bond donors (Lipinski definition) is 1. The minimum absolute atomic E-state index is 0.355. The smallest absolute Gasteiger partial charge is 0.231 e. The molecule has 1 unspecified atom stereocenters. The van der Waals surface area contributed by atoms with E-state index in [2.05, 4.69) is 18.3 Å². The third-order valence-corrected chi connectivity index (χ3v) is 2.53. The summed E-state index contributed by atoms with van der Waals surface area (Å²) in [7, 11) is 0. The van der Waals surface area contributed by atoms with Crippen LogP contribution in [-0.2, 0) is 6.42 Å². The van der Waals surface area contributed by atoms with Gasteiger partial charge in [-0.05, 0) is 25.0 Å². The number of anilines is 1. The van der Waals surface area contributed by atoms with Crippen molar-refractivity contribution in [2.45, 2.75) is 19.4 Å². The maximum absolute atomic E-state index is 5.31. The highest BCUT2D eigenvalue weighted by atomic mass is 16.7. The van der Waals surface area contributed by atoms with Gasteiger partial charge in [0, 0.05) is 17.8 Å². The summed E-state index contributed by atoms with van der Waals surface area (Å²) in [4.78, 5) is 0. The summed E-state index contributed by atoms with van der Waals surface area (Å²) in [5, 5.41) is 3.39. The van der Waals surface area contributed by atoms with E-state index >= 15 is 0 Å². The molecule has 0 fully saturated rings. The van der Waals surface area contributed by atoms with Gasteiger partial charge in [0.05, 0.1) is 0 Å². The van der Waals surface area contributed by atoms with Gasteiger partial charge < -0.3 is 14.8 Å². The first-order valence-electron chi connectivity index (χ1n) is 4.52. The van der Waals surface area contributed by atoms with Gasteiger partial charge in [-0.15, -0.1) is 0 Å². The van der Waals surface area contributed by atoms with Crippen LogP contribution in [0, 0.1) is 0 Å². The van der Waals surface area contributed by atoms with Gasteiger partial charge in [0.1, 0.15) is 0 Å². The summed E-state index contributed by atoms with van der Waals surface area (Å²) >= 11 is 0. The first-order valence-corrected chi connectivity index (χ1v) is 4.52. The monoisotopic (exact) mass is 177 g/mol. The van der Waals surface area contributed by atoms with Crippen LogP contribution in [0.25, 0.3) is 0 Å². The summed E-state index contributed by atoms with van der Waals surface area (Å²) in [6.07, 6.45) is 1.08. The summed E-state index contributed by atoms with van der Waals surface area (Å²) in [5.41, 5.74) is 2.52. The Morgan fingerprint density at radius 3 is 2.92 bits per heavy atom. The largest absolute Gasteiger partial charge is 0.454 e. The zero-order valence-corrected chi connectivity index (χ0v) is 7.46. The summed E-state index contributed by atoms with van der Waals surface area (Å²) in [6, 6.07) is 4.63. The van der Waals surface area contributed by atoms with Crippen molar-refractivity contribution in [3.05, 3.63) is 17.7 Å². The Morgan fingerprint density at radius 2 is 2.08 bits per heavy atom. The van der Waals surface area contributed by atoms with Crippen molar-refractivity contribution < 1.29 is 9.47 Å². The van der Waals surface area contributed by atoms with Gasteiger partial charge in [-0.3, -0.25) is 0 Å². The molecule has 0 radical (unpaired) electrons. The molecule has 3 nitrogen and oxygen atoms in total. The van der Waals surface area contributed by atoms with Crippen LogP contribution in [0.2, 0.25) is 0 Å². The highest BCUT2D eigenvalue weighted by Crippen LogP contribution is 2.39. The summed E-state index contributed by atoms with van der Waals surface area (Å²) in [6.45, 7) is 2.53. The average Bonchev–Trinajstić information content (AvgIpc) is 2.63. The predicted molar refractivity (Wildman–Crippen MR) is 49.4 cm³/mol. The molecule has 0 amide bonds. The second kappa shape index (κ2) is 2.31. The number of ether oxygens (including phenoxy) is 2. The molecule has 0 aliphatic carbocycles. The Balaban J connectivity index is 2.10. The topological polar surface area (TPSA) is 30.5 Å². The summed E-state index contributed by atoms with van der Waals surface area (Å²) < 4.78 is 10.6. The Bertz CT molecular complexity index is 329. The molecule has 2 heterocycles. The molecule has 1 N–H and O–H groups in total. The normalized spacial score (nSPS) is 22.7. The minimum atomic E-state index is 0.355. The molecule has 13 heavy (non-hydrogen) atoms. The SMILES string of the molecule is CC1Cc2cc3c(cc2N1)OCO3. The van der Waals surface area contributed by atoms with E-state index in [9.17, 15) is 0 Å². The lowest BCUT2D eigenvalue weighted by atomic mass is 10.1. The summed E-state index contributed by atoms with van der Waals surface area (Å²) in [5.74, 6) is 1.75. The molecule has 2 aliphatic rings. The molecular formula is C10H11NO2. The van der Waals surface area contributed by atoms with Crippen molar-refractivity contribution in [1.82, 2.24) is 0 Å². The van der Waals surface area contributed by atoms with Crippen molar-refractivity contribution in [2.75, 3.05) is 12.1 Å². The molecule has 0 saturated heterocycles. The molecule has 68 valence electrons. The second-order valence-corrected chi connectivity index (χ2v) is 3.61. The maximum Gasteiger partial charge on any atom is 0.231 e. The van der Waals surface area contributed by atoms with Crippen LogP contribution in [0.3, 0.4) is 0 Å². The van der Waals surface area contributed by atoms with Gasteiger partial charge in [-0.2, -0.15) is 0 Å². The number of hydrogen-bond acceptors (Lipinski definition) is 3. The van der Waals surface area contributed by atoms with E-state index in [4.69, 9.17) is 9.47 Å². The minimum Gasteiger partial charge on any atom is -0.454 e. The van der Waals surface area contributed by atoms with Gasteiger partial charge in [0.2, 0.25) is 6.79 Å². The lowest BCUT2D eigenvalue weighted by molar-refractivity contribution is 0.174.